The number of fused-ring (bicyclic) bond motifs is 2. The van der Waals surface area contributed by atoms with E-state index in [1.165, 1.54) is 42.4 Å². The molecule has 2 heterocycles. The van der Waals surface area contributed by atoms with Crippen molar-refractivity contribution in [3.05, 3.63) is 59.9 Å². The lowest BCUT2D eigenvalue weighted by Gasteiger charge is -2.15. The Balaban J connectivity index is 1.87. The second kappa shape index (κ2) is 4.23. The molecule has 4 rings (SSSR count). The second-order valence-corrected chi connectivity index (χ2v) is 5.29. The van der Waals surface area contributed by atoms with Crippen molar-refractivity contribution in [1.82, 2.24) is 9.38 Å². The molecule has 0 unspecified atom stereocenters. The molecule has 2 aromatic heterocycles. The molecule has 0 atom stereocenters. The van der Waals surface area contributed by atoms with Crippen LogP contribution in [0, 0.1) is 0 Å². The van der Waals surface area contributed by atoms with Gasteiger partial charge in [-0.1, -0.05) is 30.3 Å². The lowest BCUT2D eigenvalue weighted by molar-refractivity contribution is 0.681. The van der Waals surface area contributed by atoms with Gasteiger partial charge in [0.1, 0.15) is 5.65 Å². The molecule has 0 saturated heterocycles. The van der Waals surface area contributed by atoms with E-state index in [1.807, 2.05) is 6.07 Å². The summed E-state index contributed by atoms with van der Waals surface area (Å²) >= 11 is 0. The lowest BCUT2D eigenvalue weighted by atomic mass is 9.93. The number of benzene rings is 1. The van der Waals surface area contributed by atoms with Crippen molar-refractivity contribution in [3.8, 4) is 11.3 Å². The van der Waals surface area contributed by atoms with Gasteiger partial charge in [0.25, 0.3) is 0 Å². The summed E-state index contributed by atoms with van der Waals surface area (Å²) in [4.78, 5) is 4.75. The molecule has 0 N–H and O–H groups in total. The van der Waals surface area contributed by atoms with Crippen LogP contribution in [0.3, 0.4) is 0 Å². The fourth-order valence-corrected chi connectivity index (χ4v) is 2.95. The van der Waals surface area contributed by atoms with E-state index in [-0.39, 0.29) is 0 Å². The van der Waals surface area contributed by atoms with Crippen molar-refractivity contribution in [2.24, 2.45) is 0 Å². The first-order chi connectivity index (χ1) is 9.40. The van der Waals surface area contributed by atoms with Crippen LogP contribution in [0.1, 0.15) is 24.0 Å². The molecule has 0 saturated carbocycles. The zero-order valence-corrected chi connectivity index (χ0v) is 10.8. The number of aromatic nitrogens is 2. The molecule has 1 aromatic carbocycles. The van der Waals surface area contributed by atoms with Crippen molar-refractivity contribution >= 4 is 5.65 Å². The van der Waals surface area contributed by atoms with E-state index in [0.29, 0.717) is 0 Å². The van der Waals surface area contributed by atoms with E-state index >= 15 is 0 Å². The first-order valence-electron chi connectivity index (χ1n) is 6.96. The first kappa shape index (κ1) is 10.8. The molecule has 0 spiro atoms. The minimum atomic E-state index is 1.06. The molecular weight excluding hydrogens is 232 g/mol. The minimum Gasteiger partial charge on any atom is -0.306 e. The molecular formula is C17H16N2. The van der Waals surface area contributed by atoms with Crippen LogP contribution in [0.25, 0.3) is 16.9 Å². The van der Waals surface area contributed by atoms with E-state index in [4.69, 9.17) is 4.98 Å². The molecule has 94 valence electrons. The smallest absolute Gasteiger partial charge is 0.137 e. The summed E-state index contributed by atoms with van der Waals surface area (Å²) in [5.41, 5.74) is 6.30. The van der Waals surface area contributed by atoms with Gasteiger partial charge in [0.15, 0.2) is 0 Å². The Bertz CT molecular complexity index is 683. The van der Waals surface area contributed by atoms with Gasteiger partial charge in [-0.05, 0) is 42.9 Å². The molecule has 0 radical (unpaired) electrons. The Kier molecular flexibility index (Phi) is 2.41. The number of pyridine rings is 1. The van der Waals surface area contributed by atoms with E-state index in [0.717, 1.165) is 11.3 Å². The molecule has 3 aromatic rings. The Morgan fingerprint density at radius 2 is 1.68 bits per heavy atom. The zero-order chi connectivity index (χ0) is 12.7. The summed E-state index contributed by atoms with van der Waals surface area (Å²) in [6.45, 7) is 0. The third kappa shape index (κ3) is 1.84. The predicted molar refractivity (Wildman–Crippen MR) is 77.3 cm³/mol. The molecule has 0 bridgehead atoms. The minimum absolute atomic E-state index is 1.06. The second-order valence-electron chi connectivity index (χ2n) is 5.29. The van der Waals surface area contributed by atoms with Gasteiger partial charge in [0.2, 0.25) is 0 Å². The monoisotopic (exact) mass is 248 g/mol. The summed E-state index contributed by atoms with van der Waals surface area (Å²) in [6.07, 6.45) is 9.46. The van der Waals surface area contributed by atoms with Crippen LogP contribution in [-0.4, -0.2) is 9.38 Å². The highest BCUT2D eigenvalue weighted by atomic mass is 15.0. The number of imidazole rings is 1. The van der Waals surface area contributed by atoms with Crippen molar-refractivity contribution in [3.63, 3.8) is 0 Å². The fourth-order valence-electron chi connectivity index (χ4n) is 2.95. The molecule has 2 nitrogen and oxygen atoms in total. The highest BCUT2D eigenvalue weighted by Gasteiger charge is 2.12. The van der Waals surface area contributed by atoms with Crippen molar-refractivity contribution in [1.29, 1.82) is 0 Å². The molecule has 0 aliphatic heterocycles. The molecule has 19 heavy (non-hydrogen) atoms. The van der Waals surface area contributed by atoms with E-state index in [1.54, 1.807) is 0 Å². The number of nitrogens with zero attached hydrogens (tertiary/aromatic N) is 2. The summed E-state index contributed by atoms with van der Waals surface area (Å²) in [5, 5.41) is 0. The van der Waals surface area contributed by atoms with Crippen LogP contribution in [0.4, 0.5) is 0 Å². The van der Waals surface area contributed by atoms with E-state index in [9.17, 15) is 0 Å². The Hall–Kier alpha value is -2.09. The highest BCUT2D eigenvalue weighted by Crippen LogP contribution is 2.25. The average molecular weight is 248 g/mol. The van der Waals surface area contributed by atoms with Crippen molar-refractivity contribution < 1.29 is 0 Å². The number of rotatable bonds is 1. The Morgan fingerprint density at radius 3 is 2.53 bits per heavy atom. The third-order valence-electron chi connectivity index (χ3n) is 3.98. The Labute approximate surface area is 112 Å². The first-order valence-corrected chi connectivity index (χ1v) is 6.96. The maximum absolute atomic E-state index is 4.75. The van der Waals surface area contributed by atoms with Crippen LogP contribution < -0.4 is 0 Å². The molecule has 1 aliphatic carbocycles. The quantitative estimate of drug-likeness (QED) is 0.639. The topological polar surface area (TPSA) is 17.3 Å². The van der Waals surface area contributed by atoms with Gasteiger partial charge in [-0.25, -0.2) is 4.98 Å². The lowest BCUT2D eigenvalue weighted by Crippen LogP contribution is -2.04. The van der Waals surface area contributed by atoms with Crippen molar-refractivity contribution in [2.45, 2.75) is 25.7 Å². The summed E-state index contributed by atoms with van der Waals surface area (Å²) < 4.78 is 2.17. The van der Waals surface area contributed by atoms with Gasteiger partial charge < -0.3 is 4.40 Å². The van der Waals surface area contributed by atoms with Crippen LogP contribution in [0.2, 0.25) is 0 Å². The largest absolute Gasteiger partial charge is 0.306 e. The van der Waals surface area contributed by atoms with Crippen LogP contribution >= 0.6 is 0 Å². The summed E-state index contributed by atoms with van der Waals surface area (Å²) in [7, 11) is 0. The average Bonchev–Trinajstić information content (AvgIpc) is 2.88. The SMILES string of the molecule is c1ccc(-c2cn3cc4c(cc3n2)CCCC4)cc1. The maximum atomic E-state index is 4.75. The summed E-state index contributed by atoms with van der Waals surface area (Å²) in [6, 6.07) is 12.6. The van der Waals surface area contributed by atoms with Gasteiger partial charge in [-0.3, -0.25) is 0 Å². The number of hydrogen-bond acceptors (Lipinski definition) is 1. The molecule has 0 amide bonds. The predicted octanol–water partition coefficient (Wildman–Crippen LogP) is 3.88. The normalized spacial score (nSPS) is 14.5. The van der Waals surface area contributed by atoms with Gasteiger partial charge in [-0.2, -0.15) is 0 Å². The van der Waals surface area contributed by atoms with Gasteiger partial charge >= 0.3 is 0 Å². The summed E-state index contributed by atoms with van der Waals surface area (Å²) in [5.74, 6) is 0. The van der Waals surface area contributed by atoms with E-state index in [2.05, 4.69) is 47.1 Å². The number of hydrogen-bond donors (Lipinski definition) is 0. The zero-order valence-electron chi connectivity index (χ0n) is 10.8. The molecule has 0 fully saturated rings. The van der Waals surface area contributed by atoms with E-state index < -0.39 is 0 Å². The molecule has 1 aliphatic rings. The van der Waals surface area contributed by atoms with Gasteiger partial charge in [0.05, 0.1) is 5.69 Å². The Morgan fingerprint density at radius 1 is 0.895 bits per heavy atom. The standard InChI is InChI=1S/C17H16N2/c1-2-6-13(7-3-1)16-12-19-11-15-9-5-4-8-14(15)10-17(19)18-16/h1-3,6-7,10-12H,4-5,8-9H2. The van der Waals surface area contributed by atoms with Crippen LogP contribution in [0.5, 0.6) is 0 Å². The van der Waals surface area contributed by atoms with Gasteiger partial charge in [0, 0.05) is 18.0 Å². The molecule has 2 heteroatoms. The van der Waals surface area contributed by atoms with Crippen LogP contribution in [0.15, 0.2) is 48.8 Å². The van der Waals surface area contributed by atoms with Gasteiger partial charge in [-0.15, -0.1) is 0 Å². The van der Waals surface area contributed by atoms with Crippen molar-refractivity contribution in [2.75, 3.05) is 0 Å². The maximum Gasteiger partial charge on any atom is 0.137 e. The highest BCUT2D eigenvalue weighted by molar-refractivity contribution is 5.63. The number of aryl methyl sites for hydroxylation is 2. The fraction of sp³-hybridized carbons (Fsp3) is 0.235. The van der Waals surface area contributed by atoms with Crippen LogP contribution in [-0.2, 0) is 12.8 Å². The third-order valence-corrected chi connectivity index (χ3v) is 3.98.